The number of rotatable bonds is 4. The maximum Gasteiger partial charge on any atom is 0.250 e. The van der Waals surface area contributed by atoms with Gasteiger partial charge in [0.1, 0.15) is 11.4 Å². The predicted molar refractivity (Wildman–Crippen MR) is 188 cm³/mol. The fourth-order valence-corrected chi connectivity index (χ4v) is 7.83. The molecule has 3 nitrogen and oxygen atoms in total. The largest absolute Gasteiger partial charge is 0.410 e. The van der Waals surface area contributed by atoms with E-state index in [4.69, 9.17) is 0 Å². The van der Waals surface area contributed by atoms with Crippen LogP contribution in [0.15, 0.2) is 182 Å². The van der Waals surface area contributed by atoms with Crippen LogP contribution in [-0.4, -0.2) is 6.28 Å². The zero-order chi connectivity index (χ0) is 29.8. The Balaban J connectivity index is 1.51. The number of anilines is 6. The lowest BCUT2D eigenvalue weighted by atomic mass is 9.22. The molecule has 1 aromatic heterocycles. The lowest BCUT2D eigenvalue weighted by molar-refractivity contribution is -0.512. The van der Waals surface area contributed by atoms with Crippen LogP contribution < -0.4 is 30.7 Å². The average Bonchev–Trinajstić information content (AvgIpc) is 3.12. The molecule has 0 spiro atoms. The zero-order valence-corrected chi connectivity index (χ0v) is 24.7. The van der Waals surface area contributed by atoms with Gasteiger partial charge in [-0.05, 0) is 47.5 Å². The van der Waals surface area contributed by atoms with Crippen LogP contribution in [0.4, 0.5) is 34.4 Å². The van der Waals surface area contributed by atoms with Gasteiger partial charge in [0.25, 0.3) is 0 Å². The Morgan fingerprint density at radius 2 is 0.778 bits per heavy atom. The van der Waals surface area contributed by atoms with Crippen molar-refractivity contribution in [3.8, 4) is 11.1 Å². The van der Waals surface area contributed by atoms with E-state index in [1.54, 1.807) is 0 Å². The van der Waals surface area contributed by atoms with Gasteiger partial charge in [-0.25, -0.2) is 9.80 Å². The summed E-state index contributed by atoms with van der Waals surface area (Å²) < 4.78 is 2.65. The summed E-state index contributed by atoms with van der Waals surface area (Å²) in [6.07, 6.45) is -1.64. The molecule has 212 valence electrons. The molecule has 0 unspecified atom stereocenters. The summed E-state index contributed by atoms with van der Waals surface area (Å²) in [5, 5.41) is 0. The number of benzene rings is 6. The molecule has 0 bridgehead atoms. The van der Waals surface area contributed by atoms with Crippen LogP contribution in [0.2, 0.25) is 0 Å². The number of nitrogens with zero attached hydrogens (tertiary/aromatic N) is 3. The van der Waals surface area contributed by atoms with Crippen molar-refractivity contribution in [2.45, 2.75) is 0 Å². The van der Waals surface area contributed by atoms with Gasteiger partial charge in [-0.3, -0.25) is 0 Å². The van der Waals surface area contributed by atoms with E-state index in [-0.39, 0.29) is 0 Å². The second kappa shape index (κ2) is 10.1. The van der Waals surface area contributed by atoms with E-state index in [9.17, 15) is 0 Å². The minimum absolute atomic E-state index is 1.13. The minimum Gasteiger partial charge on any atom is -0.410 e. The second-order valence-electron chi connectivity index (χ2n) is 11.9. The van der Waals surface area contributed by atoms with Gasteiger partial charge in [-0.15, -0.1) is 10.9 Å². The molecule has 0 saturated heterocycles. The predicted octanol–water partition coefficient (Wildman–Crippen LogP) is 7.72. The summed E-state index contributed by atoms with van der Waals surface area (Å²) in [5.74, 6) is 2.27. The number of para-hydroxylation sites is 4. The average molecular weight is 576 g/mol. The van der Waals surface area contributed by atoms with Crippen molar-refractivity contribution >= 4 is 57.1 Å². The van der Waals surface area contributed by atoms with Gasteiger partial charge in [-0.2, -0.15) is 5.46 Å². The molecule has 0 N–H and O–H groups in total. The molecule has 0 radical (unpaired) electrons. The number of aromatic nitrogens is 1. The summed E-state index contributed by atoms with van der Waals surface area (Å²) >= 11 is 0. The highest BCUT2D eigenvalue weighted by molar-refractivity contribution is 7.07. The summed E-state index contributed by atoms with van der Waals surface area (Å²) in [6.45, 7) is 0. The van der Waals surface area contributed by atoms with Gasteiger partial charge in [0.15, 0.2) is 11.6 Å². The highest BCUT2D eigenvalue weighted by atomic mass is 15.3. The lowest BCUT2D eigenvalue weighted by Crippen LogP contribution is -2.89. The third-order valence-corrected chi connectivity index (χ3v) is 9.58. The fraction of sp³-hybridized carbons (Fsp3) is 0. The minimum atomic E-state index is -1.64. The van der Waals surface area contributed by atoms with Gasteiger partial charge in [0, 0.05) is 12.1 Å². The monoisotopic (exact) mass is 575 g/mol. The summed E-state index contributed by atoms with van der Waals surface area (Å²) in [5.41, 5.74) is 10.9. The summed E-state index contributed by atoms with van der Waals surface area (Å²) in [6, 6.07) is 66.2. The zero-order valence-electron chi connectivity index (χ0n) is 24.7. The third kappa shape index (κ3) is 3.69. The molecule has 45 heavy (non-hydrogen) atoms. The topological polar surface area (TPSA) is 10.4 Å². The van der Waals surface area contributed by atoms with Crippen molar-refractivity contribution in [1.29, 1.82) is 0 Å². The maximum atomic E-state index is 2.65. The first-order valence-electron chi connectivity index (χ1n) is 15.6. The van der Waals surface area contributed by atoms with Crippen LogP contribution in [0.25, 0.3) is 11.1 Å². The molecule has 3 heterocycles. The van der Waals surface area contributed by atoms with Crippen LogP contribution in [0, 0.1) is 0 Å². The fourth-order valence-electron chi connectivity index (χ4n) is 7.83. The Hall–Kier alpha value is -5.87. The Morgan fingerprint density at radius 1 is 0.378 bits per heavy atom. The van der Waals surface area contributed by atoms with Crippen molar-refractivity contribution in [2.75, 3.05) is 9.80 Å². The van der Waals surface area contributed by atoms with Crippen LogP contribution in [0.3, 0.4) is 0 Å². The number of pyridine rings is 1. The molecule has 2 aliphatic rings. The standard InChI is InChI=1S/C41H30BN3/c1-5-17-31(18-6-1)32-29-40-43(34-21-9-3-10-22-34)38-27-15-13-25-36(38)42(33-19-7-2-8-20-33)37-26-14-16-28-39(37)44(41(30-32)45(40)42)35-23-11-4-12-24-35/h1-30H. The molecule has 4 heteroatoms. The quantitative estimate of drug-likeness (QED) is 0.199. The van der Waals surface area contributed by atoms with Crippen LogP contribution in [-0.2, 0) is 0 Å². The SMILES string of the molecule is c1ccc(-c2cc3[n+]4c(c2)N(c2ccccc2)c2ccccc2[B-]4(c2ccccc2)c2ccccc2N3c2ccccc2)cc1. The van der Waals surface area contributed by atoms with Crippen molar-refractivity contribution in [1.82, 2.24) is 0 Å². The first kappa shape index (κ1) is 25.6. The summed E-state index contributed by atoms with van der Waals surface area (Å²) in [4.78, 5) is 4.90. The Morgan fingerprint density at radius 3 is 1.27 bits per heavy atom. The smallest absolute Gasteiger partial charge is 0.250 e. The molecule has 0 atom stereocenters. The Labute approximate surface area is 263 Å². The first-order valence-corrected chi connectivity index (χ1v) is 15.6. The van der Waals surface area contributed by atoms with E-state index in [2.05, 4.69) is 196 Å². The number of hydrogen-bond donors (Lipinski definition) is 0. The van der Waals surface area contributed by atoms with Gasteiger partial charge in [0.05, 0.1) is 11.4 Å². The van der Waals surface area contributed by atoms with Gasteiger partial charge in [0.2, 0.25) is 6.28 Å². The van der Waals surface area contributed by atoms with E-state index in [1.807, 2.05) is 0 Å². The van der Waals surface area contributed by atoms with E-state index in [0.29, 0.717) is 0 Å². The van der Waals surface area contributed by atoms with Crippen molar-refractivity contribution in [3.05, 3.63) is 182 Å². The Kier molecular flexibility index (Phi) is 5.75. The molecule has 9 rings (SSSR count). The van der Waals surface area contributed by atoms with Gasteiger partial charge >= 0.3 is 0 Å². The number of fused-ring (bicyclic) bond motifs is 4. The first-order chi connectivity index (χ1) is 22.4. The molecular weight excluding hydrogens is 545 g/mol. The molecule has 2 aliphatic heterocycles. The van der Waals surface area contributed by atoms with Gasteiger partial charge < -0.3 is 4.48 Å². The molecule has 7 aromatic rings. The molecule has 0 fully saturated rings. The van der Waals surface area contributed by atoms with Crippen LogP contribution in [0.1, 0.15) is 0 Å². The summed E-state index contributed by atoms with van der Waals surface area (Å²) in [7, 11) is 0. The highest BCUT2D eigenvalue weighted by Gasteiger charge is 2.51. The maximum absolute atomic E-state index is 2.65. The highest BCUT2D eigenvalue weighted by Crippen LogP contribution is 2.44. The Bertz CT molecular complexity index is 2050. The van der Waals surface area contributed by atoms with Gasteiger partial charge in [-0.1, -0.05) is 133 Å². The molecule has 0 saturated carbocycles. The number of hydrogen-bond acceptors (Lipinski definition) is 2. The van der Waals surface area contributed by atoms with E-state index in [1.165, 1.54) is 38.9 Å². The van der Waals surface area contributed by atoms with Crippen LogP contribution >= 0.6 is 0 Å². The van der Waals surface area contributed by atoms with E-state index >= 15 is 0 Å². The third-order valence-electron chi connectivity index (χ3n) is 9.58. The van der Waals surface area contributed by atoms with Crippen LogP contribution in [0.5, 0.6) is 0 Å². The lowest BCUT2D eigenvalue weighted by Gasteiger charge is -2.54. The van der Waals surface area contributed by atoms with E-state index in [0.717, 1.165) is 23.0 Å². The second-order valence-corrected chi connectivity index (χ2v) is 11.9. The molecule has 0 amide bonds. The van der Waals surface area contributed by atoms with E-state index < -0.39 is 6.28 Å². The van der Waals surface area contributed by atoms with Crippen molar-refractivity contribution < 1.29 is 4.48 Å². The molecular formula is C41H30BN3. The van der Waals surface area contributed by atoms with Crippen molar-refractivity contribution in [3.63, 3.8) is 0 Å². The molecule has 6 aromatic carbocycles. The normalized spacial score (nSPS) is 13.9. The molecule has 0 aliphatic carbocycles. The van der Waals surface area contributed by atoms with Crippen molar-refractivity contribution in [2.24, 2.45) is 0 Å².